The Hall–Kier alpha value is -5.36. The molecule has 0 fully saturated rings. The number of nitrogens with one attached hydrogen (secondary N) is 4. The summed E-state index contributed by atoms with van der Waals surface area (Å²) in [4.78, 5) is 43.2. The number of urea groups is 1. The predicted molar refractivity (Wildman–Crippen MR) is 163 cm³/mol. The number of carboxylic acid groups (broad SMARTS) is 2. The Kier molecular flexibility index (Phi) is 12.3. The third-order valence-corrected chi connectivity index (χ3v) is 6.20. The standard InChI is InChI=1S/C24H19Cl2N7O.2C2HF3O2/c25-19-13-28-23-30-16-3-1-2-14(10-16)4-5-15-11-17(29-22(19)33-23)6-8-20(15)32-24(34)31-18-7-9-21(26)27-12-18;2*3-2(4,5)1(6)7/h1-3,6-13H,4-5H2,(H2,31,32,34)(H2,28,29,30,33);2*(H,6,7). The molecule has 0 saturated heterocycles. The number of amides is 2. The number of pyridine rings is 1. The molecule has 48 heavy (non-hydrogen) atoms. The van der Waals surface area contributed by atoms with Crippen LogP contribution in [-0.2, 0) is 22.4 Å². The van der Waals surface area contributed by atoms with Gasteiger partial charge in [0.25, 0.3) is 0 Å². The first-order chi connectivity index (χ1) is 22.4. The molecule has 0 saturated carbocycles. The van der Waals surface area contributed by atoms with Crippen molar-refractivity contribution in [2.45, 2.75) is 25.2 Å². The Labute approximate surface area is 276 Å². The van der Waals surface area contributed by atoms with Gasteiger partial charge in [-0.15, -0.1) is 0 Å². The SMILES string of the molecule is O=C(Nc1ccc(Cl)nc1)Nc1ccc2cc1CCc1cccc(c1)Nc1ncc(Cl)c(n1)N2.O=C(O)C(F)(F)F.O=C(O)C(F)(F)F. The fraction of sp³-hybridized carbons (Fsp3) is 0.143. The molecule has 0 radical (unpaired) electrons. The second-order valence-corrected chi connectivity index (χ2v) is 10.1. The lowest BCUT2D eigenvalue weighted by atomic mass is 10.0. The Balaban J connectivity index is 0.000000376. The molecule has 0 spiro atoms. The molecule has 1 aliphatic rings. The maximum atomic E-state index is 12.6. The summed E-state index contributed by atoms with van der Waals surface area (Å²) in [6.45, 7) is 0. The van der Waals surface area contributed by atoms with E-state index >= 15 is 0 Å². The minimum Gasteiger partial charge on any atom is -0.475 e. The average molecular weight is 720 g/mol. The first kappa shape index (κ1) is 37.1. The van der Waals surface area contributed by atoms with E-state index in [2.05, 4.69) is 48.4 Å². The third-order valence-electron chi connectivity index (χ3n) is 5.70. The summed E-state index contributed by atoms with van der Waals surface area (Å²) in [6.07, 6.45) is -5.64. The van der Waals surface area contributed by atoms with Crippen LogP contribution < -0.4 is 21.3 Å². The normalized spacial score (nSPS) is 11.9. The lowest BCUT2D eigenvalue weighted by Crippen LogP contribution is -2.21. The molecule has 20 heteroatoms. The number of carbonyl (C=O) groups excluding carboxylic acids is 1. The highest BCUT2D eigenvalue weighted by Gasteiger charge is 2.38. The predicted octanol–water partition coefficient (Wildman–Crippen LogP) is 7.67. The van der Waals surface area contributed by atoms with Crippen LogP contribution in [0.15, 0.2) is 67.0 Å². The number of hydrogen-bond acceptors (Lipinski definition) is 8. The van der Waals surface area contributed by atoms with E-state index in [0.717, 1.165) is 28.9 Å². The van der Waals surface area contributed by atoms with Crippen molar-refractivity contribution >= 4 is 75.7 Å². The number of halogens is 8. The van der Waals surface area contributed by atoms with Gasteiger partial charge in [-0.3, -0.25) is 0 Å². The number of anilines is 6. The molecule has 4 aromatic rings. The summed E-state index contributed by atoms with van der Waals surface area (Å²) >= 11 is 12.1. The van der Waals surface area contributed by atoms with Crippen LogP contribution in [0.3, 0.4) is 0 Å². The van der Waals surface area contributed by atoms with Crippen LogP contribution in [0, 0.1) is 0 Å². The second kappa shape index (κ2) is 16.0. The van der Waals surface area contributed by atoms with Gasteiger partial charge in [-0.05, 0) is 66.4 Å². The first-order valence-corrected chi connectivity index (χ1v) is 13.7. The molecule has 3 heterocycles. The number of nitrogens with zero attached hydrogens (tertiary/aromatic N) is 3. The van der Waals surface area contributed by atoms with Crippen molar-refractivity contribution in [1.82, 2.24) is 15.0 Å². The zero-order valence-electron chi connectivity index (χ0n) is 23.7. The largest absolute Gasteiger partial charge is 0.490 e. The van der Waals surface area contributed by atoms with Crippen molar-refractivity contribution in [3.05, 3.63) is 88.3 Å². The van der Waals surface area contributed by atoms with Crippen molar-refractivity contribution in [2.24, 2.45) is 0 Å². The smallest absolute Gasteiger partial charge is 0.475 e. The number of carbonyl (C=O) groups is 3. The molecule has 2 aromatic carbocycles. The Morgan fingerprint density at radius 3 is 2.02 bits per heavy atom. The first-order valence-electron chi connectivity index (χ1n) is 13.0. The van der Waals surface area contributed by atoms with E-state index in [1.54, 1.807) is 18.3 Å². The number of aromatic nitrogens is 3. The van der Waals surface area contributed by atoms with Crippen LogP contribution in [0.5, 0.6) is 0 Å². The number of fused-ring (bicyclic) bond motifs is 6. The van der Waals surface area contributed by atoms with Crippen molar-refractivity contribution in [2.75, 3.05) is 21.3 Å². The van der Waals surface area contributed by atoms with Crippen LogP contribution in [-0.4, -0.2) is 55.5 Å². The monoisotopic (exact) mass is 719 g/mol. The van der Waals surface area contributed by atoms with Crippen LogP contribution >= 0.6 is 23.2 Å². The van der Waals surface area contributed by atoms with Crippen molar-refractivity contribution in [3.63, 3.8) is 0 Å². The highest BCUT2D eigenvalue weighted by molar-refractivity contribution is 6.33. The Bertz CT molecular complexity index is 1750. The number of alkyl halides is 6. The van der Waals surface area contributed by atoms with Crippen LogP contribution in [0.2, 0.25) is 10.2 Å². The number of hydrogen-bond donors (Lipinski definition) is 6. The summed E-state index contributed by atoms with van der Waals surface area (Å²) in [5.41, 5.74) is 5.01. The number of aliphatic carboxylic acids is 2. The van der Waals surface area contributed by atoms with E-state index in [1.165, 1.54) is 6.20 Å². The van der Waals surface area contributed by atoms with Gasteiger partial charge in [-0.1, -0.05) is 35.3 Å². The zero-order valence-corrected chi connectivity index (χ0v) is 25.3. The van der Waals surface area contributed by atoms with Gasteiger partial charge < -0.3 is 31.5 Å². The average Bonchev–Trinajstić information content (AvgIpc) is 3.00. The summed E-state index contributed by atoms with van der Waals surface area (Å²) in [5.74, 6) is -4.59. The molecule has 12 nitrogen and oxygen atoms in total. The van der Waals surface area contributed by atoms with Crippen molar-refractivity contribution < 1.29 is 50.9 Å². The molecule has 0 aliphatic carbocycles. The van der Waals surface area contributed by atoms with E-state index in [-0.39, 0.29) is 6.03 Å². The van der Waals surface area contributed by atoms with Crippen molar-refractivity contribution in [3.8, 4) is 0 Å². The maximum absolute atomic E-state index is 12.6. The Morgan fingerprint density at radius 2 is 1.42 bits per heavy atom. The van der Waals surface area contributed by atoms with E-state index in [0.29, 0.717) is 39.7 Å². The van der Waals surface area contributed by atoms with E-state index < -0.39 is 24.3 Å². The van der Waals surface area contributed by atoms with Gasteiger partial charge in [0, 0.05) is 17.1 Å². The quantitative estimate of drug-likeness (QED) is 0.0889. The lowest BCUT2D eigenvalue weighted by Gasteiger charge is -2.15. The topological polar surface area (TPSA) is 178 Å². The van der Waals surface area contributed by atoms with Gasteiger partial charge in [-0.25, -0.2) is 24.4 Å². The van der Waals surface area contributed by atoms with E-state index in [1.807, 2.05) is 30.3 Å². The minimum atomic E-state index is -5.08. The van der Waals surface area contributed by atoms with E-state index in [4.69, 9.17) is 43.0 Å². The fourth-order valence-corrected chi connectivity index (χ4v) is 3.85. The number of carboxylic acids is 2. The number of rotatable bonds is 2. The van der Waals surface area contributed by atoms with E-state index in [9.17, 15) is 31.1 Å². The molecular weight excluding hydrogens is 699 g/mol. The molecule has 6 N–H and O–H groups in total. The molecule has 2 aromatic heterocycles. The minimum absolute atomic E-state index is 0.357. The second-order valence-electron chi connectivity index (χ2n) is 9.27. The van der Waals surface area contributed by atoms with Crippen LogP contribution in [0.4, 0.5) is 65.7 Å². The molecule has 1 aliphatic heterocycles. The summed E-state index contributed by atoms with van der Waals surface area (Å²) in [5, 5.41) is 27.2. The highest BCUT2D eigenvalue weighted by Crippen LogP contribution is 2.29. The summed E-state index contributed by atoms with van der Waals surface area (Å²) in [6, 6.07) is 16.7. The molecular formula is C28H21Cl2F6N7O5. The van der Waals surface area contributed by atoms with Gasteiger partial charge in [0.15, 0.2) is 5.82 Å². The number of benzene rings is 2. The van der Waals surface area contributed by atoms with Gasteiger partial charge in [0.2, 0.25) is 5.95 Å². The van der Waals surface area contributed by atoms with Gasteiger partial charge >= 0.3 is 30.3 Å². The van der Waals surface area contributed by atoms with Crippen LogP contribution in [0.1, 0.15) is 11.1 Å². The third kappa shape index (κ3) is 11.8. The molecule has 0 unspecified atom stereocenters. The van der Waals surface area contributed by atoms with Crippen LogP contribution in [0.25, 0.3) is 0 Å². The zero-order chi connectivity index (χ0) is 35.6. The molecule has 6 bridgehead atoms. The highest BCUT2D eigenvalue weighted by atomic mass is 35.5. The van der Waals surface area contributed by atoms with Gasteiger partial charge in [-0.2, -0.15) is 31.3 Å². The molecule has 254 valence electrons. The molecule has 2 amide bonds. The summed E-state index contributed by atoms with van der Waals surface area (Å²) < 4.78 is 63.5. The van der Waals surface area contributed by atoms with Gasteiger partial charge in [0.05, 0.1) is 18.1 Å². The summed E-state index contributed by atoms with van der Waals surface area (Å²) in [7, 11) is 0. The van der Waals surface area contributed by atoms with Gasteiger partial charge in [0.1, 0.15) is 10.2 Å². The number of aryl methyl sites for hydroxylation is 2. The lowest BCUT2D eigenvalue weighted by molar-refractivity contribution is -0.193. The fourth-order valence-electron chi connectivity index (χ4n) is 3.60. The molecule has 5 rings (SSSR count). The maximum Gasteiger partial charge on any atom is 0.490 e. The Morgan fingerprint density at radius 1 is 0.771 bits per heavy atom. The van der Waals surface area contributed by atoms with Crippen molar-refractivity contribution in [1.29, 1.82) is 0 Å². The molecule has 0 atom stereocenters.